The molecule has 3 heterocycles. The van der Waals surface area contributed by atoms with Gasteiger partial charge in [-0.25, -0.2) is 9.97 Å². The molecule has 0 saturated carbocycles. The molecule has 0 radical (unpaired) electrons. The van der Waals surface area contributed by atoms with E-state index in [1.807, 2.05) is 12.1 Å². The van der Waals surface area contributed by atoms with Crippen molar-refractivity contribution >= 4 is 22.7 Å². The van der Waals surface area contributed by atoms with E-state index in [-0.39, 0.29) is 0 Å². The highest BCUT2D eigenvalue weighted by atomic mass is 16.5. The second-order valence-electron chi connectivity index (χ2n) is 7.16. The Labute approximate surface area is 149 Å². The fourth-order valence-electron chi connectivity index (χ4n) is 3.75. The molecule has 2 fully saturated rings. The molecule has 0 bridgehead atoms. The molecule has 0 amide bonds. The van der Waals surface area contributed by atoms with E-state index < -0.39 is 0 Å². The van der Waals surface area contributed by atoms with Crippen LogP contribution in [-0.2, 0) is 4.74 Å². The lowest BCUT2D eigenvalue weighted by Gasteiger charge is -2.39. The zero-order chi connectivity index (χ0) is 17.2. The van der Waals surface area contributed by atoms with Crippen molar-refractivity contribution in [3.05, 3.63) is 24.3 Å². The Morgan fingerprint density at radius 2 is 1.60 bits per heavy atom. The molecule has 2 saturated heterocycles. The molecule has 0 N–H and O–H groups in total. The predicted molar refractivity (Wildman–Crippen MR) is 101 cm³/mol. The number of para-hydroxylation sites is 2. The van der Waals surface area contributed by atoms with E-state index in [1.54, 1.807) is 0 Å². The first-order valence-electron chi connectivity index (χ1n) is 9.23. The third kappa shape index (κ3) is 3.41. The number of hydrogen-bond acceptors (Lipinski definition) is 6. The van der Waals surface area contributed by atoms with E-state index in [0.717, 1.165) is 62.1 Å². The third-order valence-electron chi connectivity index (χ3n) is 5.27. The average molecular weight is 341 g/mol. The number of aromatic nitrogens is 2. The molecule has 0 spiro atoms. The Hall–Kier alpha value is -1.92. The second kappa shape index (κ2) is 7.14. The highest BCUT2D eigenvalue weighted by Gasteiger charge is 2.27. The van der Waals surface area contributed by atoms with E-state index >= 15 is 0 Å². The molecule has 6 heteroatoms. The number of fused-ring (bicyclic) bond motifs is 1. The summed E-state index contributed by atoms with van der Waals surface area (Å²) >= 11 is 0. The molecular weight excluding hydrogens is 314 g/mol. The normalized spacial score (nSPS) is 22.0. The molecule has 25 heavy (non-hydrogen) atoms. The quantitative estimate of drug-likeness (QED) is 0.851. The van der Waals surface area contributed by atoms with Crippen LogP contribution in [0.5, 0.6) is 0 Å². The first kappa shape index (κ1) is 16.5. The van der Waals surface area contributed by atoms with Gasteiger partial charge >= 0.3 is 0 Å². The summed E-state index contributed by atoms with van der Waals surface area (Å²) in [5.41, 5.74) is 1.94. The summed E-state index contributed by atoms with van der Waals surface area (Å²) in [6.45, 7) is 5.34. The number of hydrogen-bond donors (Lipinski definition) is 0. The van der Waals surface area contributed by atoms with Gasteiger partial charge in [0.05, 0.1) is 24.2 Å². The number of anilines is 2. The van der Waals surface area contributed by atoms with Gasteiger partial charge in [0, 0.05) is 32.2 Å². The molecule has 1 atom stereocenters. The minimum atomic E-state index is 0.569. The van der Waals surface area contributed by atoms with Crippen molar-refractivity contribution in [2.24, 2.45) is 0 Å². The summed E-state index contributed by atoms with van der Waals surface area (Å²) in [6, 6.07) is 8.74. The van der Waals surface area contributed by atoms with E-state index in [2.05, 4.69) is 40.9 Å². The maximum atomic E-state index is 5.53. The van der Waals surface area contributed by atoms with Crippen molar-refractivity contribution in [2.45, 2.75) is 18.9 Å². The van der Waals surface area contributed by atoms with E-state index in [0.29, 0.717) is 6.04 Å². The largest absolute Gasteiger partial charge is 0.378 e. The fourth-order valence-corrected chi connectivity index (χ4v) is 3.75. The van der Waals surface area contributed by atoms with Crippen LogP contribution in [0.25, 0.3) is 11.0 Å². The van der Waals surface area contributed by atoms with Crippen LogP contribution in [0.2, 0.25) is 0 Å². The summed E-state index contributed by atoms with van der Waals surface area (Å²) < 4.78 is 5.53. The maximum absolute atomic E-state index is 5.53. The van der Waals surface area contributed by atoms with Gasteiger partial charge in [-0.15, -0.1) is 0 Å². The molecule has 1 aromatic heterocycles. The van der Waals surface area contributed by atoms with Crippen molar-refractivity contribution in [3.63, 3.8) is 0 Å². The van der Waals surface area contributed by atoms with Gasteiger partial charge in [0.25, 0.3) is 0 Å². The Kier molecular flexibility index (Phi) is 4.72. The van der Waals surface area contributed by atoms with Gasteiger partial charge in [0.1, 0.15) is 0 Å². The van der Waals surface area contributed by atoms with Crippen LogP contribution in [0.4, 0.5) is 11.6 Å². The smallest absolute Gasteiger partial charge is 0.172 e. The molecule has 0 aliphatic carbocycles. The van der Waals surface area contributed by atoms with Gasteiger partial charge in [0.15, 0.2) is 11.6 Å². The second-order valence-corrected chi connectivity index (χ2v) is 7.16. The van der Waals surface area contributed by atoms with Crippen LogP contribution in [0.15, 0.2) is 24.3 Å². The van der Waals surface area contributed by atoms with E-state index in [4.69, 9.17) is 14.7 Å². The lowest BCUT2D eigenvalue weighted by molar-refractivity contribution is 0.122. The van der Waals surface area contributed by atoms with E-state index in [1.165, 1.54) is 12.8 Å². The maximum Gasteiger partial charge on any atom is 0.172 e. The highest BCUT2D eigenvalue weighted by molar-refractivity contribution is 5.81. The average Bonchev–Trinajstić information content (AvgIpc) is 2.67. The van der Waals surface area contributed by atoms with Crippen LogP contribution in [0, 0.1) is 0 Å². The van der Waals surface area contributed by atoms with Gasteiger partial charge in [-0.05, 0) is 39.1 Å². The molecule has 6 nitrogen and oxygen atoms in total. The van der Waals surface area contributed by atoms with Gasteiger partial charge in [0.2, 0.25) is 0 Å². The predicted octanol–water partition coefficient (Wildman–Crippen LogP) is 2.00. The number of morpholine rings is 1. The summed E-state index contributed by atoms with van der Waals surface area (Å²) in [5.74, 6) is 2.05. The van der Waals surface area contributed by atoms with Gasteiger partial charge in [-0.3, -0.25) is 0 Å². The standard InChI is InChI=1S/C19H27N5O/c1-22(2)15-6-5-9-24(14-15)19-18(23-10-12-25-13-11-23)20-16-7-3-4-8-17(16)21-19/h3-4,7-8,15H,5-6,9-14H2,1-2H3/t15-/m0/s1. The Morgan fingerprint density at radius 1 is 0.960 bits per heavy atom. The first-order chi connectivity index (χ1) is 12.2. The molecule has 2 aliphatic heterocycles. The van der Waals surface area contributed by atoms with Crippen LogP contribution in [-0.4, -0.2) is 74.4 Å². The number of nitrogens with zero attached hydrogens (tertiary/aromatic N) is 5. The number of rotatable bonds is 3. The van der Waals surface area contributed by atoms with Crippen molar-refractivity contribution in [1.82, 2.24) is 14.9 Å². The van der Waals surface area contributed by atoms with Gasteiger partial charge in [-0.2, -0.15) is 0 Å². The third-order valence-corrected chi connectivity index (χ3v) is 5.27. The van der Waals surface area contributed by atoms with Gasteiger partial charge < -0.3 is 19.4 Å². The summed E-state index contributed by atoms with van der Waals surface area (Å²) in [4.78, 5) is 17.1. The summed E-state index contributed by atoms with van der Waals surface area (Å²) in [5, 5.41) is 0. The molecule has 4 rings (SSSR count). The Bertz CT molecular complexity index is 729. The molecule has 2 aromatic rings. The van der Waals surface area contributed by atoms with E-state index in [9.17, 15) is 0 Å². The number of benzene rings is 1. The molecule has 1 aromatic carbocycles. The van der Waals surface area contributed by atoms with Crippen LogP contribution >= 0.6 is 0 Å². The van der Waals surface area contributed by atoms with Gasteiger partial charge in [-0.1, -0.05) is 12.1 Å². The summed E-state index contributed by atoms with van der Waals surface area (Å²) in [6.07, 6.45) is 2.44. The summed E-state index contributed by atoms with van der Waals surface area (Å²) in [7, 11) is 4.34. The number of ether oxygens (including phenoxy) is 1. The zero-order valence-electron chi connectivity index (χ0n) is 15.2. The van der Waals surface area contributed by atoms with Crippen molar-refractivity contribution in [3.8, 4) is 0 Å². The molecule has 0 unspecified atom stereocenters. The van der Waals surface area contributed by atoms with Crippen LogP contribution in [0.1, 0.15) is 12.8 Å². The molecular formula is C19H27N5O. The highest BCUT2D eigenvalue weighted by Crippen LogP contribution is 2.31. The van der Waals surface area contributed by atoms with Crippen LogP contribution < -0.4 is 9.80 Å². The van der Waals surface area contributed by atoms with Crippen molar-refractivity contribution in [1.29, 1.82) is 0 Å². The molecule has 134 valence electrons. The number of piperidine rings is 1. The van der Waals surface area contributed by atoms with Crippen molar-refractivity contribution in [2.75, 3.05) is 63.3 Å². The van der Waals surface area contributed by atoms with Crippen molar-refractivity contribution < 1.29 is 4.74 Å². The first-order valence-corrected chi connectivity index (χ1v) is 9.23. The lowest BCUT2D eigenvalue weighted by Crippen LogP contribution is -2.46. The Morgan fingerprint density at radius 3 is 2.24 bits per heavy atom. The fraction of sp³-hybridized carbons (Fsp3) is 0.579. The van der Waals surface area contributed by atoms with Crippen LogP contribution in [0.3, 0.4) is 0 Å². The topological polar surface area (TPSA) is 44.7 Å². The lowest BCUT2D eigenvalue weighted by atomic mass is 10.0. The number of likely N-dealkylation sites (N-methyl/N-ethyl adjacent to an activating group) is 1. The molecule has 2 aliphatic rings. The monoisotopic (exact) mass is 341 g/mol. The Balaban J connectivity index is 1.74. The zero-order valence-corrected chi connectivity index (χ0v) is 15.2. The minimum absolute atomic E-state index is 0.569. The minimum Gasteiger partial charge on any atom is -0.378 e. The SMILES string of the molecule is CN(C)[C@H]1CCCN(c2nc3ccccc3nc2N2CCOCC2)C1.